The lowest BCUT2D eigenvalue weighted by atomic mass is 10.1. The highest BCUT2D eigenvalue weighted by molar-refractivity contribution is 5.79. The fourth-order valence-corrected chi connectivity index (χ4v) is 1.86. The molecule has 0 spiro atoms. The summed E-state index contributed by atoms with van der Waals surface area (Å²) < 4.78 is 5.34. The zero-order valence-corrected chi connectivity index (χ0v) is 9.12. The van der Waals surface area contributed by atoms with Crippen LogP contribution in [0.4, 0.5) is 0 Å². The predicted molar refractivity (Wildman–Crippen MR) is 57.5 cm³/mol. The van der Waals surface area contributed by atoms with Gasteiger partial charge in [0, 0.05) is 26.1 Å². The second kappa shape index (κ2) is 5.32. The Kier molecular flexibility index (Phi) is 4.35. The smallest absolute Gasteiger partial charge is 0.0947 e. The molecule has 1 rings (SSSR count). The fourth-order valence-electron chi connectivity index (χ4n) is 1.86. The summed E-state index contributed by atoms with van der Waals surface area (Å²) in [6, 6.07) is 0. The number of likely N-dealkylation sites (tertiary alicyclic amines) is 1. The lowest BCUT2D eigenvalue weighted by Gasteiger charge is -2.33. The summed E-state index contributed by atoms with van der Waals surface area (Å²) in [6.45, 7) is 4.97. The van der Waals surface area contributed by atoms with Gasteiger partial charge in [-0.05, 0) is 19.4 Å². The Hall–Kier alpha value is -0.610. The minimum atomic E-state index is 0.158. The molecular weight excluding hydrogens is 178 g/mol. The van der Waals surface area contributed by atoms with Crippen molar-refractivity contribution in [1.82, 2.24) is 4.90 Å². The number of hydrogen-bond donors (Lipinski definition) is 2. The van der Waals surface area contributed by atoms with Gasteiger partial charge >= 0.3 is 0 Å². The first-order chi connectivity index (χ1) is 6.63. The number of nitrogens with one attached hydrogen (secondary N) is 1. The van der Waals surface area contributed by atoms with Gasteiger partial charge in [-0.2, -0.15) is 0 Å². The molecule has 2 atom stereocenters. The van der Waals surface area contributed by atoms with E-state index in [0.717, 1.165) is 26.1 Å². The SMILES string of the molecule is COC1CCCN(CC(C)C(=N)N)C1. The van der Waals surface area contributed by atoms with Gasteiger partial charge in [0.1, 0.15) is 0 Å². The van der Waals surface area contributed by atoms with Crippen molar-refractivity contribution in [2.75, 3.05) is 26.7 Å². The number of piperidine rings is 1. The third-order valence-corrected chi connectivity index (χ3v) is 2.86. The van der Waals surface area contributed by atoms with E-state index < -0.39 is 0 Å². The summed E-state index contributed by atoms with van der Waals surface area (Å²) in [4.78, 5) is 2.34. The summed E-state index contributed by atoms with van der Waals surface area (Å²) in [5.74, 6) is 0.440. The van der Waals surface area contributed by atoms with Crippen molar-refractivity contribution in [3.05, 3.63) is 0 Å². The molecule has 1 fully saturated rings. The average Bonchev–Trinajstić information content (AvgIpc) is 2.18. The Labute approximate surface area is 85.9 Å². The maximum atomic E-state index is 7.33. The van der Waals surface area contributed by atoms with Crippen molar-refractivity contribution in [2.45, 2.75) is 25.9 Å². The van der Waals surface area contributed by atoms with Gasteiger partial charge in [-0.15, -0.1) is 0 Å². The zero-order valence-electron chi connectivity index (χ0n) is 9.12. The molecule has 0 aromatic heterocycles. The van der Waals surface area contributed by atoms with E-state index >= 15 is 0 Å². The van der Waals surface area contributed by atoms with Crippen LogP contribution >= 0.6 is 0 Å². The summed E-state index contributed by atoms with van der Waals surface area (Å²) in [5.41, 5.74) is 5.45. The third-order valence-electron chi connectivity index (χ3n) is 2.86. The van der Waals surface area contributed by atoms with E-state index in [4.69, 9.17) is 15.9 Å². The van der Waals surface area contributed by atoms with Gasteiger partial charge < -0.3 is 15.4 Å². The Balaban J connectivity index is 2.33. The number of methoxy groups -OCH3 is 1. The molecule has 4 heteroatoms. The van der Waals surface area contributed by atoms with E-state index in [-0.39, 0.29) is 11.8 Å². The Morgan fingerprint density at radius 2 is 2.43 bits per heavy atom. The molecule has 0 aliphatic carbocycles. The molecule has 82 valence electrons. The van der Waals surface area contributed by atoms with Crippen LogP contribution in [0.5, 0.6) is 0 Å². The topological polar surface area (TPSA) is 62.3 Å². The second-order valence-corrected chi connectivity index (χ2v) is 4.12. The van der Waals surface area contributed by atoms with Gasteiger partial charge in [0.2, 0.25) is 0 Å². The van der Waals surface area contributed by atoms with Crippen LogP contribution in [0, 0.1) is 11.3 Å². The minimum Gasteiger partial charge on any atom is -0.387 e. The minimum absolute atomic E-state index is 0.158. The number of amidine groups is 1. The van der Waals surface area contributed by atoms with Gasteiger partial charge in [-0.25, -0.2) is 0 Å². The van der Waals surface area contributed by atoms with Gasteiger partial charge in [0.15, 0.2) is 0 Å². The molecule has 1 aliphatic heterocycles. The van der Waals surface area contributed by atoms with Crippen LogP contribution in [-0.2, 0) is 4.74 Å². The van der Waals surface area contributed by atoms with Crippen LogP contribution in [0.15, 0.2) is 0 Å². The quantitative estimate of drug-likeness (QED) is 0.516. The van der Waals surface area contributed by atoms with Crippen LogP contribution in [0.1, 0.15) is 19.8 Å². The predicted octanol–water partition coefficient (Wildman–Crippen LogP) is 0.669. The van der Waals surface area contributed by atoms with E-state index in [0.29, 0.717) is 6.10 Å². The number of hydrogen-bond acceptors (Lipinski definition) is 3. The van der Waals surface area contributed by atoms with E-state index in [9.17, 15) is 0 Å². The first-order valence-corrected chi connectivity index (χ1v) is 5.22. The average molecular weight is 199 g/mol. The summed E-state index contributed by atoms with van der Waals surface area (Å²) in [6.07, 6.45) is 2.70. The third kappa shape index (κ3) is 3.27. The molecule has 0 radical (unpaired) electrons. The monoisotopic (exact) mass is 199 g/mol. The number of nitrogens with two attached hydrogens (primary N) is 1. The van der Waals surface area contributed by atoms with Crippen LogP contribution in [-0.4, -0.2) is 43.6 Å². The molecule has 1 saturated heterocycles. The Morgan fingerprint density at radius 3 is 3.00 bits per heavy atom. The van der Waals surface area contributed by atoms with Crippen LogP contribution in [0.3, 0.4) is 0 Å². The van der Waals surface area contributed by atoms with Gasteiger partial charge in [-0.3, -0.25) is 5.41 Å². The molecule has 0 aromatic carbocycles. The highest BCUT2D eigenvalue weighted by atomic mass is 16.5. The van der Waals surface area contributed by atoms with Crippen molar-refractivity contribution in [3.63, 3.8) is 0 Å². The fraction of sp³-hybridized carbons (Fsp3) is 0.900. The molecule has 14 heavy (non-hydrogen) atoms. The first kappa shape index (κ1) is 11.5. The van der Waals surface area contributed by atoms with Crippen LogP contribution < -0.4 is 5.73 Å². The van der Waals surface area contributed by atoms with E-state index in [1.54, 1.807) is 7.11 Å². The molecule has 0 amide bonds. The van der Waals surface area contributed by atoms with Crippen molar-refractivity contribution in [1.29, 1.82) is 5.41 Å². The molecular formula is C10H21N3O. The highest BCUT2D eigenvalue weighted by Crippen LogP contribution is 2.13. The molecule has 0 aromatic rings. The molecule has 4 nitrogen and oxygen atoms in total. The largest absolute Gasteiger partial charge is 0.387 e. The molecule has 0 saturated carbocycles. The van der Waals surface area contributed by atoms with E-state index in [2.05, 4.69) is 4.90 Å². The van der Waals surface area contributed by atoms with E-state index in [1.165, 1.54) is 6.42 Å². The van der Waals surface area contributed by atoms with E-state index in [1.807, 2.05) is 6.92 Å². The molecule has 1 heterocycles. The number of nitrogens with zero attached hydrogens (tertiary/aromatic N) is 1. The Bertz CT molecular complexity index is 196. The number of ether oxygens (including phenoxy) is 1. The lowest BCUT2D eigenvalue weighted by Crippen LogP contribution is -2.43. The lowest BCUT2D eigenvalue weighted by molar-refractivity contribution is 0.0293. The normalized spacial score (nSPS) is 26.0. The number of rotatable bonds is 4. The maximum Gasteiger partial charge on any atom is 0.0947 e. The summed E-state index contributed by atoms with van der Waals surface area (Å²) >= 11 is 0. The summed E-state index contributed by atoms with van der Waals surface area (Å²) in [7, 11) is 1.77. The van der Waals surface area contributed by atoms with Gasteiger partial charge in [0.05, 0.1) is 11.9 Å². The second-order valence-electron chi connectivity index (χ2n) is 4.12. The zero-order chi connectivity index (χ0) is 10.6. The highest BCUT2D eigenvalue weighted by Gasteiger charge is 2.21. The van der Waals surface area contributed by atoms with Crippen molar-refractivity contribution in [2.24, 2.45) is 11.7 Å². The molecule has 1 aliphatic rings. The molecule has 0 bridgehead atoms. The molecule has 3 N–H and O–H groups in total. The van der Waals surface area contributed by atoms with Crippen molar-refractivity contribution < 1.29 is 4.74 Å². The van der Waals surface area contributed by atoms with Gasteiger partial charge in [-0.1, -0.05) is 6.92 Å². The Morgan fingerprint density at radius 1 is 1.71 bits per heavy atom. The van der Waals surface area contributed by atoms with Crippen LogP contribution in [0.2, 0.25) is 0 Å². The maximum absolute atomic E-state index is 7.33. The standard InChI is InChI=1S/C10H21N3O/c1-8(10(11)12)6-13-5-3-4-9(7-13)14-2/h8-9H,3-7H2,1-2H3,(H3,11,12). The van der Waals surface area contributed by atoms with Crippen LogP contribution in [0.25, 0.3) is 0 Å². The van der Waals surface area contributed by atoms with Crippen molar-refractivity contribution >= 4 is 5.84 Å². The van der Waals surface area contributed by atoms with Gasteiger partial charge in [0.25, 0.3) is 0 Å². The van der Waals surface area contributed by atoms with Crippen molar-refractivity contribution in [3.8, 4) is 0 Å². The molecule has 2 unspecified atom stereocenters. The first-order valence-electron chi connectivity index (χ1n) is 5.22. The summed E-state index contributed by atoms with van der Waals surface area (Å²) in [5, 5.41) is 7.33.